The summed E-state index contributed by atoms with van der Waals surface area (Å²) in [6.45, 7) is 6.04. The van der Waals surface area contributed by atoms with Gasteiger partial charge in [-0.1, -0.05) is 18.2 Å². The molecule has 0 aliphatic carbocycles. The average molecular weight is 231 g/mol. The lowest BCUT2D eigenvalue weighted by Gasteiger charge is -2.07. The Morgan fingerprint density at radius 2 is 2.12 bits per heavy atom. The Morgan fingerprint density at radius 1 is 1.35 bits per heavy atom. The molecule has 1 unspecified atom stereocenters. The van der Waals surface area contributed by atoms with Gasteiger partial charge in [-0.05, 0) is 38.4 Å². The highest BCUT2D eigenvalue weighted by Crippen LogP contribution is 2.21. The average Bonchev–Trinajstić information content (AvgIpc) is 2.60. The fourth-order valence-corrected chi connectivity index (χ4v) is 2.11. The maximum absolute atomic E-state index is 5.73. The van der Waals surface area contributed by atoms with E-state index in [9.17, 15) is 0 Å². The highest BCUT2D eigenvalue weighted by atomic mass is 14.9. The Balaban J connectivity index is 2.05. The molecule has 3 nitrogen and oxygen atoms in total. The topological polar surface area (TPSA) is 53.8 Å². The lowest BCUT2D eigenvalue weighted by Crippen LogP contribution is -2.23. The van der Waals surface area contributed by atoms with E-state index in [1.807, 2.05) is 6.92 Å². The van der Waals surface area contributed by atoms with Gasteiger partial charge >= 0.3 is 0 Å². The van der Waals surface area contributed by atoms with Crippen LogP contribution in [0.3, 0.4) is 0 Å². The number of fused-ring (bicyclic) bond motifs is 1. The number of nitrogens with two attached hydrogens (primary N) is 1. The van der Waals surface area contributed by atoms with Crippen LogP contribution in [-0.4, -0.2) is 17.6 Å². The van der Waals surface area contributed by atoms with Gasteiger partial charge in [-0.2, -0.15) is 0 Å². The maximum Gasteiger partial charge on any atom is 0.0459 e. The molecule has 0 radical (unpaired) electrons. The Labute approximate surface area is 102 Å². The Morgan fingerprint density at radius 3 is 2.88 bits per heavy atom. The Bertz CT molecular complexity index is 485. The van der Waals surface area contributed by atoms with Crippen molar-refractivity contribution in [2.75, 3.05) is 6.54 Å². The molecule has 2 rings (SSSR count). The number of aromatic amines is 1. The number of hydrogen-bond acceptors (Lipinski definition) is 2. The first-order valence-electron chi connectivity index (χ1n) is 6.21. The van der Waals surface area contributed by atoms with Crippen LogP contribution in [0.4, 0.5) is 0 Å². The third kappa shape index (κ3) is 2.87. The molecule has 4 N–H and O–H groups in total. The van der Waals surface area contributed by atoms with E-state index in [0.29, 0.717) is 0 Å². The van der Waals surface area contributed by atoms with Gasteiger partial charge in [-0.15, -0.1) is 0 Å². The van der Waals surface area contributed by atoms with Crippen molar-refractivity contribution in [2.45, 2.75) is 32.9 Å². The van der Waals surface area contributed by atoms with E-state index in [1.165, 1.54) is 22.2 Å². The summed E-state index contributed by atoms with van der Waals surface area (Å²) in [6, 6.07) is 8.70. The van der Waals surface area contributed by atoms with Crippen LogP contribution in [0.2, 0.25) is 0 Å². The smallest absolute Gasteiger partial charge is 0.0459 e. The number of H-pyrrole nitrogens is 1. The largest absolute Gasteiger partial charge is 0.358 e. The minimum absolute atomic E-state index is 0.270. The second kappa shape index (κ2) is 5.34. The third-order valence-corrected chi connectivity index (χ3v) is 3.11. The summed E-state index contributed by atoms with van der Waals surface area (Å²) >= 11 is 0. The van der Waals surface area contributed by atoms with Crippen molar-refractivity contribution < 1.29 is 0 Å². The zero-order valence-electron chi connectivity index (χ0n) is 10.6. The fourth-order valence-electron chi connectivity index (χ4n) is 2.11. The standard InChI is InChI=1S/C14H21N3/c1-10(15)7-8-16-9-13-11(2)17-14-6-4-3-5-12(13)14/h3-6,10,16-17H,7-9,15H2,1-2H3. The van der Waals surface area contributed by atoms with E-state index in [2.05, 4.69) is 41.5 Å². The van der Waals surface area contributed by atoms with Crippen LogP contribution in [0.1, 0.15) is 24.6 Å². The minimum Gasteiger partial charge on any atom is -0.358 e. The zero-order valence-corrected chi connectivity index (χ0v) is 10.6. The van der Waals surface area contributed by atoms with E-state index < -0.39 is 0 Å². The number of para-hydroxylation sites is 1. The van der Waals surface area contributed by atoms with Crippen LogP contribution in [0.15, 0.2) is 24.3 Å². The lowest BCUT2D eigenvalue weighted by molar-refractivity contribution is 0.589. The van der Waals surface area contributed by atoms with Gasteiger partial charge in [0.1, 0.15) is 0 Å². The molecule has 0 saturated heterocycles. The van der Waals surface area contributed by atoms with E-state index in [-0.39, 0.29) is 6.04 Å². The van der Waals surface area contributed by atoms with Crippen molar-refractivity contribution in [3.8, 4) is 0 Å². The molecular weight excluding hydrogens is 210 g/mol. The summed E-state index contributed by atoms with van der Waals surface area (Å²) in [5.41, 5.74) is 9.56. The van der Waals surface area contributed by atoms with Crippen LogP contribution in [0.25, 0.3) is 10.9 Å². The number of benzene rings is 1. The molecule has 1 heterocycles. The quantitative estimate of drug-likeness (QED) is 0.692. The van der Waals surface area contributed by atoms with Crippen molar-refractivity contribution >= 4 is 10.9 Å². The van der Waals surface area contributed by atoms with Gasteiger partial charge in [0.15, 0.2) is 0 Å². The molecule has 0 fully saturated rings. The van der Waals surface area contributed by atoms with Crippen molar-refractivity contribution in [3.63, 3.8) is 0 Å². The van der Waals surface area contributed by atoms with Crippen LogP contribution in [-0.2, 0) is 6.54 Å². The summed E-state index contributed by atoms with van der Waals surface area (Å²) in [5.74, 6) is 0. The molecule has 0 aliphatic heterocycles. The fraction of sp³-hybridized carbons (Fsp3) is 0.429. The number of aromatic nitrogens is 1. The molecule has 92 valence electrons. The molecule has 1 aromatic heterocycles. The molecule has 1 aromatic carbocycles. The first kappa shape index (κ1) is 12.1. The minimum atomic E-state index is 0.270. The second-order valence-corrected chi connectivity index (χ2v) is 4.72. The van der Waals surface area contributed by atoms with Crippen molar-refractivity contribution in [3.05, 3.63) is 35.5 Å². The van der Waals surface area contributed by atoms with E-state index >= 15 is 0 Å². The highest BCUT2D eigenvalue weighted by Gasteiger charge is 2.06. The summed E-state index contributed by atoms with van der Waals surface area (Å²) in [6.07, 6.45) is 1.02. The monoisotopic (exact) mass is 231 g/mol. The molecule has 0 saturated carbocycles. The number of aryl methyl sites for hydroxylation is 1. The third-order valence-electron chi connectivity index (χ3n) is 3.11. The van der Waals surface area contributed by atoms with Gasteiger partial charge in [0.2, 0.25) is 0 Å². The predicted molar refractivity (Wildman–Crippen MR) is 73.0 cm³/mol. The van der Waals surface area contributed by atoms with Gasteiger partial charge in [-0.3, -0.25) is 0 Å². The normalized spacial score (nSPS) is 13.1. The molecule has 0 aliphatic rings. The molecule has 2 aromatic rings. The van der Waals surface area contributed by atoms with Gasteiger partial charge in [0.25, 0.3) is 0 Å². The van der Waals surface area contributed by atoms with Crippen molar-refractivity contribution in [1.82, 2.24) is 10.3 Å². The number of rotatable bonds is 5. The van der Waals surface area contributed by atoms with Crippen LogP contribution in [0, 0.1) is 6.92 Å². The van der Waals surface area contributed by atoms with Crippen LogP contribution in [0.5, 0.6) is 0 Å². The molecule has 1 atom stereocenters. The van der Waals surface area contributed by atoms with Crippen molar-refractivity contribution in [2.24, 2.45) is 5.73 Å². The number of nitrogens with one attached hydrogen (secondary N) is 2. The zero-order chi connectivity index (χ0) is 12.3. The molecule has 3 heteroatoms. The molecule has 0 amide bonds. The summed E-state index contributed by atoms with van der Waals surface area (Å²) in [4.78, 5) is 3.41. The van der Waals surface area contributed by atoms with E-state index in [1.54, 1.807) is 0 Å². The first-order valence-corrected chi connectivity index (χ1v) is 6.21. The van der Waals surface area contributed by atoms with Gasteiger partial charge in [0, 0.05) is 29.2 Å². The molecule has 0 bridgehead atoms. The Hall–Kier alpha value is -1.32. The first-order chi connectivity index (χ1) is 8.18. The summed E-state index contributed by atoms with van der Waals surface area (Å²) < 4.78 is 0. The number of hydrogen-bond donors (Lipinski definition) is 3. The molecule has 17 heavy (non-hydrogen) atoms. The highest BCUT2D eigenvalue weighted by molar-refractivity contribution is 5.84. The maximum atomic E-state index is 5.73. The van der Waals surface area contributed by atoms with Gasteiger partial charge in [0.05, 0.1) is 0 Å². The molecule has 0 spiro atoms. The van der Waals surface area contributed by atoms with Crippen molar-refractivity contribution in [1.29, 1.82) is 0 Å². The predicted octanol–water partition coefficient (Wildman–Crippen LogP) is 2.30. The molecular formula is C14H21N3. The summed E-state index contributed by atoms with van der Waals surface area (Å²) in [7, 11) is 0. The van der Waals surface area contributed by atoms with E-state index in [4.69, 9.17) is 5.73 Å². The van der Waals surface area contributed by atoms with Crippen LogP contribution < -0.4 is 11.1 Å². The van der Waals surface area contributed by atoms with Gasteiger partial charge in [-0.25, -0.2) is 0 Å². The second-order valence-electron chi connectivity index (χ2n) is 4.72. The van der Waals surface area contributed by atoms with Crippen LogP contribution >= 0.6 is 0 Å². The Kier molecular flexibility index (Phi) is 3.82. The summed E-state index contributed by atoms with van der Waals surface area (Å²) in [5, 5.41) is 4.77. The van der Waals surface area contributed by atoms with E-state index in [0.717, 1.165) is 19.5 Å². The lowest BCUT2D eigenvalue weighted by atomic mass is 10.1. The van der Waals surface area contributed by atoms with Gasteiger partial charge < -0.3 is 16.0 Å². The SMILES string of the molecule is Cc1[nH]c2ccccc2c1CNCCC(C)N.